The van der Waals surface area contributed by atoms with Crippen molar-refractivity contribution in [1.29, 1.82) is 0 Å². The molecule has 12 heteroatoms. The first-order chi connectivity index (χ1) is 18.9. The second-order valence-corrected chi connectivity index (χ2v) is 9.71. The van der Waals surface area contributed by atoms with Gasteiger partial charge in [0, 0.05) is 23.1 Å². The summed E-state index contributed by atoms with van der Waals surface area (Å²) in [5.41, 5.74) is 2.46. The number of aromatic nitrogens is 3. The minimum Gasteiger partial charge on any atom is -0.462 e. The van der Waals surface area contributed by atoms with Gasteiger partial charge in [-0.25, -0.2) is 4.79 Å². The molecule has 4 aromatic rings. The summed E-state index contributed by atoms with van der Waals surface area (Å²) in [6, 6.07) is 15.4. The molecule has 2 heterocycles. The van der Waals surface area contributed by atoms with E-state index in [1.165, 1.54) is 23.5 Å². The number of nitrogens with one attached hydrogen (secondary N) is 1. The second-order valence-electron chi connectivity index (χ2n) is 7.89. The van der Waals surface area contributed by atoms with E-state index in [4.69, 9.17) is 4.74 Å². The Morgan fingerprint density at radius 1 is 1.13 bits per heavy atom. The normalized spacial score (nSPS) is 10.9. The van der Waals surface area contributed by atoms with Crippen LogP contribution in [-0.4, -0.2) is 45.6 Å². The van der Waals surface area contributed by atoms with E-state index in [1.807, 2.05) is 35.7 Å². The number of esters is 1. The van der Waals surface area contributed by atoms with E-state index in [9.17, 15) is 18.4 Å². The van der Waals surface area contributed by atoms with Crippen molar-refractivity contribution in [3.05, 3.63) is 78.2 Å². The first-order valence-electron chi connectivity index (χ1n) is 11.8. The van der Waals surface area contributed by atoms with Crippen LogP contribution in [0.5, 0.6) is 5.75 Å². The molecule has 0 aliphatic rings. The van der Waals surface area contributed by atoms with Crippen LogP contribution in [0.1, 0.15) is 17.3 Å². The number of benzene rings is 2. The van der Waals surface area contributed by atoms with Crippen molar-refractivity contribution in [1.82, 2.24) is 14.8 Å². The molecular formula is C27H24F2N4O4S2. The van der Waals surface area contributed by atoms with Crippen molar-refractivity contribution >= 4 is 40.0 Å². The topological polar surface area (TPSA) is 95.3 Å². The molecule has 202 valence electrons. The van der Waals surface area contributed by atoms with E-state index in [1.54, 1.807) is 29.7 Å². The number of anilines is 1. The zero-order chi connectivity index (χ0) is 27.8. The molecule has 0 fully saturated rings. The quantitative estimate of drug-likeness (QED) is 0.120. The summed E-state index contributed by atoms with van der Waals surface area (Å²) in [6.07, 6.45) is 1.66. The van der Waals surface area contributed by atoms with E-state index in [-0.39, 0.29) is 24.0 Å². The first-order valence-corrected chi connectivity index (χ1v) is 13.6. The maximum atomic E-state index is 12.9. The molecule has 0 bridgehead atoms. The van der Waals surface area contributed by atoms with Gasteiger partial charge in [0.15, 0.2) is 11.0 Å². The van der Waals surface area contributed by atoms with Gasteiger partial charge in [0.25, 0.3) is 0 Å². The standard InChI is InChI=1S/C27H24F2N4O4S2/c1-3-14-33-23(18-10-12-19(13-11-18)37-26(28)29)31-32-27(33)39-16-21(34)30-24-22(25(35)36-4-2)20(15-38-24)17-8-6-5-7-9-17/h3,5-13,15,26H,1,4,14,16H2,2H3,(H,30,34). The molecule has 8 nitrogen and oxygen atoms in total. The number of nitrogens with zero attached hydrogens (tertiary/aromatic N) is 3. The van der Waals surface area contributed by atoms with Crippen LogP contribution < -0.4 is 10.1 Å². The van der Waals surface area contributed by atoms with Gasteiger partial charge < -0.3 is 14.8 Å². The zero-order valence-corrected chi connectivity index (χ0v) is 22.4. The number of amides is 1. The van der Waals surface area contributed by atoms with Crippen molar-refractivity contribution in [2.24, 2.45) is 0 Å². The summed E-state index contributed by atoms with van der Waals surface area (Å²) in [5, 5.41) is 13.9. The number of alkyl halides is 2. The van der Waals surface area contributed by atoms with Crippen LogP contribution in [0.4, 0.5) is 13.8 Å². The number of ether oxygens (including phenoxy) is 2. The Morgan fingerprint density at radius 2 is 1.87 bits per heavy atom. The highest BCUT2D eigenvalue weighted by Crippen LogP contribution is 2.36. The van der Waals surface area contributed by atoms with Crippen molar-refractivity contribution in [3.8, 4) is 28.3 Å². The van der Waals surface area contributed by atoms with Crippen LogP contribution in [0.2, 0.25) is 0 Å². The molecule has 39 heavy (non-hydrogen) atoms. The molecule has 2 aromatic heterocycles. The Balaban J connectivity index is 1.49. The molecular weight excluding hydrogens is 546 g/mol. The van der Waals surface area contributed by atoms with Crippen LogP contribution in [0.25, 0.3) is 22.5 Å². The SMILES string of the molecule is C=CCn1c(SCC(=O)Nc2scc(-c3ccccc3)c2C(=O)OCC)nnc1-c1ccc(OC(F)F)cc1. The molecule has 0 radical (unpaired) electrons. The fourth-order valence-corrected chi connectivity index (χ4v) is 5.39. The molecule has 0 unspecified atom stereocenters. The number of hydrogen-bond acceptors (Lipinski definition) is 8. The first kappa shape index (κ1) is 28.0. The van der Waals surface area contributed by atoms with Crippen molar-refractivity contribution in [2.45, 2.75) is 25.2 Å². The summed E-state index contributed by atoms with van der Waals surface area (Å²) in [4.78, 5) is 25.7. The van der Waals surface area contributed by atoms with E-state index in [0.29, 0.717) is 39.2 Å². The van der Waals surface area contributed by atoms with Gasteiger partial charge in [-0.15, -0.1) is 28.1 Å². The second kappa shape index (κ2) is 13.2. The van der Waals surface area contributed by atoms with Crippen LogP contribution >= 0.6 is 23.1 Å². The van der Waals surface area contributed by atoms with Gasteiger partial charge >= 0.3 is 12.6 Å². The molecule has 1 N–H and O–H groups in total. The largest absolute Gasteiger partial charge is 0.462 e. The monoisotopic (exact) mass is 570 g/mol. The molecule has 2 aromatic carbocycles. The molecule has 0 atom stereocenters. The fourth-order valence-electron chi connectivity index (χ4n) is 3.67. The van der Waals surface area contributed by atoms with E-state index in [0.717, 1.165) is 17.3 Å². The lowest BCUT2D eigenvalue weighted by Gasteiger charge is -2.10. The molecule has 4 rings (SSSR count). The Hall–Kier alpha value is -4.03. The van der Waals surface area contributed by atoms with Gasteiger partial charge in [0.1, 0.15) is 16.3 Å². The summed E-state index contributed by atoms with van der Waals surface area (Å²) >= 11 is 2.41. The number of halogens is 2. The smallest absolute Gasteiger partial charge is 0.387 e. The van der Waals surface area contributed by atoms with E-state index in [2.05, 4.69) is 26.8 Å². The Labute approximate surface area is 231 Å². The van der Waals surface area contributed by atoms with E-state index >= 15 is 0 Å². The third-order valence-electron chi connectivity index (χ3n) is 5.31. The van der Waals surface area contributed by atoms with Gasteiger partial charge in [0.05, 0.1) is 12.4 Å². The number of carbonyl (C=O) groups excluding carboxylic acids is 2. The summed E-state index contributed by atoms with van der Waals surface area (Å²) in [6.45, 7) is 3.14. The van der Waals surface area contributed by atoms with Crippen LogP contribution in [0.3, 0.4) is 0 Å². The van der Waals surface area contributed by atoms with Crippen molar-refractivity contribution < 1.29 is 27.8 Å². The molecule has 0 aliphatic heterocycles. The fraction of sp³-hybridized carbons (Fsp3) is 0.185. The average Bonchev–Trinajstić information content (AvgIpc) is 3.53. The highest BCUT2D eigenvalue weighted by atomic mass is 32.2. The lowest BCUT2D eigenvalue weighted by molar-refractivity contribution is -0.113. The summed E-state index contributed by atoms with van der Waals surface area (Å²) < 4.78 is 36.3. The Kier molecular flexibility index (Phi) is 9.45. The molecule has 0 aliphatic carbocycles. The number of carbonyl (C=O) groups is 2. The minimum absolute atomic E-state index is 0.00270. The highest BCUT2D eigenvalue weighted by Gasteiger charge is 2.23. The van der Waals surface area contributed by atoms with Gasteiger partial charge in [-0.3, -0.25) is 9.36 Å². The predicted octanol–water partition coefficient (Wildman–Crippen LogP) is 6.37. The lowest BCUT2D eigenvalue weighted by Crippen LogP contribution is -2.17. The molecule has 0 saturated carbocycles. The number of rotatable bonds is 12. The lowest BCUT2D eigenvalue weighted by atomic mass is 10.0. The molecule has 0 saturated heterocycles. The number of hydrogen-bond donors (Lipinski definition) is 1. The third kappa shape index (κ3) is 6.89. The van der Waals surface area contributed by atoms with Crippen molar-refractivity contribution in [3.63, 3.8) is 0 Å². The molecule has 0 spiro atoms. The minimum atomic E-state index is -2.91. The van der Waals surface area contributed by atoms with Crippen molar-refractivity contribution in [2.75, 3.05) is 17.7 Å². The Morgan fingerprint density at radius 3 is 2.54 bits per heavy atom. The maximum Gasteiger partial charge on any atom is 0.387 e. The van der Waals surface area contributed by atoms with Crippen LogP contribution in [0, 0.1) is 0 Å². The van der Waals surface area contributed by atoms with Crippen LogP contribution in [0.15, 0.2) is 77.8 Å². The van der Waals surface area contributed by atoms with Crippen LogP contribution in [-0.2, 0) is 16.1 Å². The summed E-state index contributed by atoms with van der Waals surface area (Å²) in [5.74, 6) is -0.342. The predicted molar refractivity (Wildman–Crippen MR) is 147 cm³/mol. The Bertz CT molecular complexity index is 1440. The highest BCUT2D eigenvalue weighted by molar-refractivity contribution is 7.99. The van der Waals surface area contributed by atoms with Gasteiger partial charge in [0.2, 0.25) is 5.91 Å². The number of thiophene rings is 1. The molecule has 1 amide bonds. The number of allylic oxidation sites excluding steroid dienone is 1. The zero-order valence-electron chi connectivity index (χ0n) is 20.8. The third-order valence-corrected chi connectivity index (χ3v) is 7.17. The maximum absolute atomic E-state index is 12.9. The average molecular weight is 571 g/mol. The van der Waals surface area contributed by atoms with Gasteiger partial charge in [-0.05, 0) is 36.8 Å². The van der Waals surface area contributed by atoms with Gasteiger partial charge in [-0.1, -0.05) is 48.2 Å². The van der Waals surface area contributed by atoms with E-state index < -0.39 is 12.6 Å². The summed E-state index contributed by atoms with van der Waals surface area (Å²) in [7, 11) is 0. The number of thioether (sulfide) groups is 1. The van der Waals surface area contributed by atoms with Gasteiger partial charge in [-0.2, -0.15) is 8.78 Å².